The van der Waals surface area contributed by atoms with Crippen molar-refractivity contribution in [3.05, 3.63) is 88.2 Å². The fourth-order valence-corrected chi connectivity index (χ4v) is 7.95. The van der Waals surface area contributed by atoms with Crippen LogP contribution in [0.2, 0.25) is 5.02 Å². The van der Waals surface area contributed by atoms with Crippen LogP contribution < -0.4 is 10.1 Å². The van der Waals surface area contributed by atoms with Crippen LogP contribution in [0.5, 0.6) is 5.75 Å². The van der Waals surface area contributed by atoms with E-state index in [2.05, 4.69) is 41.5 Å². The third-order valence-corrected chi connectivity index (χ3v) is 10.1. The van der Waals surface area contributed by atoms with Crippen molar-refractivity contribution >= 4 is 23.3 Å². The second-order valence-corrected chi connectivity index (χ2v) is 12.7. The molecule has 7 heteroatoms. The highest BCUT2D eigenvalue weighted by atomic mass is 35.5. The van der Waals surface area contributed by atoms with Gasteiger partial charge in [0, 0.05) is 22.5 Å². The van der Waals surface area contributed by atoms with E-state index in [9.17, 15) is 9.90 Å². The zero-order valence-corrected chi connectivity index (χ0v) is 24.6. The molecule has 2 N–H and O–H groups in total. The number of methoxy groups -OCH3 is 1. The number of esters is 1. The first-order valence-electron chi connectivity index (χ1n) is 14.8. The zero-order chi connectivity index (χ0) is 28.6. The lowest BCUT2D eigenvalue weighted by molar-refractivity contribution is -0.148. The number of halogens is 1. The standard InChI is InChI=1S/C34H39ClN2O4/c1-22(21-41-30-12-17-36-31-27(30)10-11-29(31)38)18-24-19-23-6-3-4-9-28(23)33(24)13-15-34(16-14-33,32(39)40-2)37-26-8-5-7-25(35)20-26/h3-9,12,17,20,22,24,29,37-38H,10-11,13-16,18-19,21H2,1-2H3/t22-,24?,29?,33?,34?/m1/s1. The van der Waals surface area contributed by atoms with Crippen molar-refractivity contribution in [2.24, 2.45) is 11.8 Å². The average molecular weight is 575 g/mol. The minimum absolute atomic E-state index is 0.0143. The Balaban J connectivity index is 1.20. The third kappa shape index (κ3) is 5.21. The predicted molar refractivity (Wildman–Crippen MR) is 160 cm³/mol. The fourth-order valence-electron chi connectivity index (χ4n) is 7.76. The molecule has 6 rings (SSSR count). The van der Waals surface area contributed by atoms with Gasteiger partial charge in [-0.15, -0.1) is 0 Å². The number of carbonyl (C=O) groups is 1. The van der Waals surface area contributed by atoms with Crippen LogP contribution in [0.25, 0.3) is 0 Å². The van der Waals surface area contributed by atoms with Crippen molar-refractivity contribution in [3.63, 3.8) is 0 Å². The number of nitrogens with one attached hydrogen (secondary N) is 1. The van der Waals surface area contributed by atoms with Crippen molar-refractivity contribution in [2.75, 3.05) is 19.0 Å². The van der Waals surface area contributed by atoms with Crippen molar-refractivity contribution in [2.45, 2.75) is 75.3 Å². The highest BCUT2D eigenvalue weighted by Crippen LogP contribution is 2.56. The Bertz CT molecular complexity index is 1420. The van der Waals surface area contributed by atoms with Gasteiger partial charge in [-0.25, -0.2) is 4.79 Å². The summed E-state index contributed by atoms with van der Waals surface area (Å²) >= 11 is 6.26. The monoisotopic (exact) mass is 574 g/mol. The normalized spacial score (nSPS) is 27.2. The molecular weight excluding hydrogens is 536 g/mol. The van der Waals surface area contributed by atoms with Gasteiger partial charge in [-0.2, -0.15) is 0 Å². The van der Waals surface area contributed by atoms with Gasteiger partial charge >= 0.3 is 5.97 Å². The number of aliphatic hydroxyl groups is 1. The maximum atomic E-state index is 13.3. The van der Waals surface area contributed by atoms with Gasteiger partial charge in [-0.3, -0.25) is 4.98 Å². The molecule has 0 aliphatic heterocycles. The molecule has 3 atom stereocenters. The molecule has 41 heavy (non-hydrogen) atoms. The van der Waals surface area contributed by atoms with Crippen LogP contribution in [0.3, 0.4) is 0 Å². The van der Waals surface area contributed by atoms with Crippen LogP contribution in [0.1, 0.15) is 73.9 Å². The molecular formula is C34H39ClN2O4. The highest BCUT2D eigenvalue weighted by Gasteiger charge is 2.54. The Morgan fingerprint density at radius 3 is 2.73 bits per heavy atom. The smallest absolute Gasteiger partial charge is 0.331 e. The summed E-state index contributed by atoms with van der Waals surface area (Å²) in [5.74, 6) is 1.45. The maximum Gasteiger partial charge on any atom is 0.331 e. The summed E-state index contributed by atoms with van der Waals surface area (Å²) in [4.78, 5) is 17.6. The number of fused-ring (bicyclic) bond motifs is 3. The van der Waals surface area contributed by atoms with Crippen molar-refractivity contribution < 1.29 is 19.4 Å². The molecule has 1 spiro atoms. The molecule has 3 aliphatic carbocycles. The number of nitrogens with zero attached hydrogens (tertiary/aromatic N) is 1. The number of hydrogen-bond donors (Lipinski definition) is 2. The summed E-state index contributed by atoms with van der Waals surface area (Å²) in [6.45, 7) is 2.90. The van der Waals surface area contributed by atoms with Gasteiger partial charge in [0.15, 0.2) is 0 Å². The van der Waals surface area contributed by atoms with Crippen LogP contribution in [0.4, 0.5) is 5.69 Å². The molecule has 0 bridgehead atoms. The van der Waals surface area contributed by atoms with Gasteiger partial charge in [0.05, 0.1) is 25.5 Å². The van der Waals surface area contributed by atoms with Gasteiger partial charge in [-0.1, -0.05) is 48.9 Å². The summed E-state index contributed by atoms with van der Waals surface area (Å²) in [5.41, 5.74) is 4.76. The van der Waals surface area contributed by atoms with Crippen molar-refractivity contribution in [1.29, 1.82) is 0 Å². The van der Waals surface area contributed by atoms with Gasteiger partial charge in [0.1, 0.15) is 11.3 Å². The Hall–Kier alpha value is -3.09. The number of anilines is 1. The van der Waals surface area contributed by atoms with Crippen LogP contribution in [0, 0.1) is 11.8 Å². The maximum absolute atomic E-state index is 13.3. The molecule has 0 amide bonds. The van der Waals surface area contributed by atoms with E-state index in [0.717, 1.165) is 54.8 Å². The van der Waals surface area contributed by atoms with Crippen LogP contribution >= 0.6 is 11.6 Å². The van der Waals surface area contributed by atoms with Crippen LogP contribution in [0.15, 0.2) is 60.8 Å². The van der Waals surface area contributed by atoms with Crippen LogP contribution in [-0.2, 0) is 27.8 Å². The van der Waals surface area contributed by atoms with Crippen molar-refractivity contribution in [1.82, 2.24) is 4.98 Å². The number of aliphatic hydroxyl groups excluding tert-OH is 1. The van der Waals surface area contributed by atoms with Crippen molar-refractivity contribution in [3.8, 4) is 5.75 Å². The predicted octanol–water partition coefficient (Wildman–Crippen LogP) is 6.83. The van der Waals surface area contributed by atoms with E-state index in [-0.39, 0.29) is 11.4 Å². The Morgan fingerprint density at radius 2 is 1.95 bits per heavy atom. The molecule has 216 valence electrons. The van der Waals surface area contributed by atoms with E-state index in [0.29, 0.717) is 42.7 Å². The zero-order valence-electron chi connectivity index (χ0n) is 23.9. The number of aromatic nitrogens is 1. The number of benzene rings is 2. The minimum Gasteiger partial charge on any atom is -0.493 e. The Labute approximate surface area is 247 Å². The van der Waals surface area contributed by atoms with E-state index in [1.807, 2.05) is 30.3 Å². The first-order chi connectivity index (χ1) is 19.8. The quantitative estimate of drug-likeness (QED) is 0.287. The second kappa shape index (κ2) is 11.3. The minimum atomic E-state index is -0.784. The molecule has 2 aromatic carbocycles. The largest absolute Gasteiger partial charge is 0.493 e. The topological polar surface area (TPSA) is 80.7 Å². The fraction of sp³-hybridized carbons (Fsp3) is 0.471. The number of hydrogen-bond acceptors (Lipinski definition) is 6. The lowest BCUT2D eigenvalue weighted by Gasteiger charge is -2.47. The molecule has 6 nitrogen and oxygen atoms in total. The van der Waals surface area contributed by atoms with E-state index in [4.69, 9.17) is 21.1 Å². The van der Waals surface area contributed by atoms with E-state index < -0.39 is 11.6 Å². The first kappa shape index (κ1) is 28.0. The molecule has 3 aliphatic rings. The third-order valence-electron chi connectivity index (χ3n) is 9.82. The number of carbonyl (C=O) groups excluding carboxylic acids is 1. The Kier molecular flexibility index (Phi) is 7.73. The summed E-state index contributed by atoms with van der Waals surface area (Å²) in [6, 6.07) is 18.4. The molecule has 1 fully saturated rings. The average Bonchev–Trinajstić information content (AvgIpc) is 3.50. The summed E-state index contributed by atoms with van der Waals surface area (Å²) < 4.78 is 11.7. The molecule has 1 heterocycles. The lowest BCUT2D eigenvalue weighted by Crippen LogP contribution is -2.53. The molecule has 0 saturated heterocycles. The summed E-state index contributed by atoms with van der Waals surface area (Å²) in [5, 5.41) is 14.4. The first-order valence-corrected chi connectivity index (χ1v) is 15.2. The molecule has 1 saturated carbocycles. The molecule has 3 aromatic rings. The van der Waals surface area contributed by atoms with E-state index in [1.165, 1.54) is 18.2 Å². The number of rotatable bonds is 8. The Morgan fingerprint density at radius 1 is 1.15 bits per heavy atom. The van der Waals surface area contributed by atoms with Gasteiger partial charge < -0.3 is 19.9 Å². The number of ether oxygens (including phenoxy) is 2. The van der Waals surface area contributed by atoms with Gasteiger partial charge in [-0.05, 0) is 104 Å². The second-order valence-electron chi connectivity index (χ2n) is 12.3. The van der Waals surface area contributed by atoms with Gasteiger partial charge in [0.25, 0.3) is 0 Å². The van der Waals surface area contributed by atoms with E-state index in [1.54, 1.807) is 6.20 Å². The van der Waals surface area contributed by atoms with Gasteiger partial charge in [0.2, 0.25) is 0 Å². The molecule has 1 aromatic heterocycles. The van der Waals surface area contributed by atoms with E-state index >= 15 is 0 Å². The summed E-state index contributed by atoms with van der Waals surface area (Å²) in [7, 11) is 1.47. The number of pyridine rings is 1. The summed E-state index contributed by atoms with van der Waals surface area (Å²) in [6.07, 6.45) is 8.03. The SMILES string of the molecule is COC(=O)C1(Nc2cccc(Cl)c2)CCC2(CC1)c1ccccc1CC2C[C@@H](C)COc1ccnc2c1CCC2O. The molecule has 0 radical (unpaired) electrons. The van der Waals surface area contributed by atoms with Crippen LogP contribution in [-0.4, -0.2) is 35.3 Å². The molecule has 2 unspecified atom stereocenters. The highest BCUT2D eigenvalue weighted by molar-refractivity contribution is 6.30. The lowest BCUT2D eigenvalue weighted by atomic mass is 9.59.